The molecule has 0 saturated carbocycles. The first-order chi connectivity index (χ1) is 16.1. The number of ether oxygens (including phenoxy) is 1. The molecule has 8 heteroatoms. The van der Waals surface area contributed by atoms with Crippen LogP contribution in [0.5, 0.6) is 11.5 Å². The highest BCUT2D eigenvalue weighted by Crippen LogP contribution is 2.31. The van der Waals surface area contributed by atoms with E-state index in [0.717, 1.165) is 30.1 Å². The summed E-state index contributed by atoms with van der Waals surface area (Å²) in [6.45, 7) is 7.21. The summed E-state index contributed by atoms with van der Waals surface area (Å²) in [5.41, 5.74) is 1.23. The summed E-state index contributed by atoms with van der Waals surface area (Å²) in [6.07, 6.45) is 0. The summed E-state index contributed by atoms with van der Waals surface area (Å²) < 4.78 is 20.2. The number of para-hydroxylation sites is 1. The van der Waals surface area contributed by atoms with Gasteiger partial charge in [-0.1, -0.05) is 43.4 Å². The van der Waals surface area contributed by atoms with Crippen molar-refractivity contribution in [2.75, 3.05) is 31.1 Å². The van der Waals surface area contributed by atoms with Gasteiger partial charge >= 0.3 is 0 Å². The van der Waals surface area contributed by atoms with E-state index in [1.165, 1.54) is 23.5 Å². The van der Waals surface area contributed by atoms with E-state index in [0.29, 0.717) is 28.5 Å². The Balaban J connectivity index is 0.00000324. The average molecular weight is 500 g/mol. The number of carbonyl (C=O) groups is 1. The second-order valence-corrected chi connectivity index (χ2v) is 8.54. The van der Waals surface area contributed by atoms with Crippen LogP contribution in [0.2, 0.25) is 0 Å². The second kappa shape index (κ2) is 11.9. The van der Waals surface area contributed by atoms with Crippen LogP contribution in [0.25, 0.3) is 10.2 Å². The lowest BCUT2D eigenvalue weighted by Gasteiger charge is -2.24. The number of likely N-dealkylation sites (N-methyl/N-ethyl adjacent to an activating group) is 1. The van der Waals surface area contributed by atoms with Gasteiger partial charge in [-0.2, -0.15) is 0 Å². The van der Waals surface area contributed by atoms with Crippen molar-refractivity contribution in [1.29, 1.82) is 0 Å². The third-order valence-corrected chi connectivity index (χ3v) is 6.47. The molecule has 0 spiro atoms. The number of carbonyl (C=O) groups excluding carboxylic acids is 1. The fraction of sp³-hybridized carbons (Fsp3) is 0.231. The molecule has 4 rings (SSSR count). The molecule has 0 atom stereocenters. The van der Waals surface area contributed by atoms with Crippen LogP contribution in [0.3, 0.4) is 0 Å². The number of aromatic nitrogens is 1. The molecule has 0 aliphatic heterocycles. The topological polar surface area (TPSA) is 45.7 Å². The van der Waals surface area contributed by atoms with Gasteiger partial charge in [0, 0.05) is 18.7 Å². The third-order valence-electron chi connectivity index (χ3n) is 5.43. The van der Waals surface area contributed by atoms with Crippen molar-refractivity contribution in [2.45, 2.75) is 13.8 Å². The van der Waals surface area contributed by atoms with Crippen LogP contribution in [0.1, 0.15) is 24.2 Å². The Bertz CT molecular complexity index is 1210. The molecule has 0 aliphatic carbocycles. The SMILES string of the molecule is CCN(CC)CCN(C(=O)c1ccc(Oc2ccccc2)cc1)c1nc2ccc(F)cc2s1.Cl. The maximum atomic E-state index is 13.7. The van der Waals surface area contributed by atoms with Crippen molar-refractivity contribution in [3.05, 3.63) is 84.2 Å². The molecular weight excluding hydrogens is 473 g/mol. The number of hydrogen-bond acceptors (Lipinski definition) is 5. The van der Waals surface area contributed by atoms with Gasteiger partial charge in [0.05, 0.1) is 10.2 Å². The fourth-order valence-electron chi connectivity index (χ4n) is 3.51. The normalized spacial score (nSPS) is 10.8. The molecule has 4 aromatic rings. The molecule has 0 fully saturated rings. The molecule has 3 aromatic carbocycles. The molecule has 5 nitrogen and oxygen atoms in total. The smallest absolute Gasteiger partial charge is 0.260 e. The van der Waals surface area contributed by atoms with E-state index < -0.39 is 0 Å². The molecule has 1 amide bonds. The minimum atomic E-state index is -0.312. The summed E-state index contributed by atoms with van der Waals surface area (Å²) in [5.74, 6) is 0.933. The Morgan fingerprint density at radius 1 is 0.941 bits per heavy atom. The molecule has 0 aliphatic rings. The van der Waals surface area contributed by atoms with Crippen molar-refractivity contribution in [3.63, 3.8) is 0 Å². The number of benzene rings is 3. The van der Waals surface area contributed by atoms with Crippen molar-refractivity contribution in [2.24, 2.45) is 0 Å². The van der Waals surface area contributed by atoms with Gasteiger partial charge in [-0.25, -0.2) is 9.37 Å². The Labute approximate surface area is 209 Å². The summed E-state index contributed by atoms with van der Waals surface area (Å²) >= 11 is 1.33. The van der Waals surface area contributed by atoms with Crippen LogP contribution in [0, 0.1) is 5.82 Å². The Kier molecular flexibility index (Phi) is 8.98. The summed E-state index contributed by atoms with van der Waals surface area (Å²) in [4.78, 5) is 22.1. The number of hydrogen-bond donors (Lipinski definition) is 0. The summed E-state index contributed by atoms with van der Waals surface area (Å²) in [5, 5.41) is 0.567. The Hall–Kier alpha value is -3.00. The van der Waals surface area contributed by atoms with Gasteiger partial charge in [0.2, 0.25) is 0 Å². The highest BCUT2D eigenvalue weighted by Gasteiger charge is 2.22. The van der Waals surface area contributed by atoms with Gasteiger partial charge < -0.3 is 9.64 Å². The van der Waals surface area contributed by atoms with Gasteiger partial charge in [0.1, 0.15) is 17.3 Å². The Morgan fingerprint density at radius 2 is 1.62 bits per heavy atom. The first-order valence-electron chi connectivity index (χ1n) is 11.0. The number of rotatable bonds is 9. The third kappa shape index (κ3) is 6.11. The predicted octanol–water partition coefficient (Wildman–Crippen LogP) is 6.64. The van der Waals surface area contributed by atoms with Crippen LogP contribution >= 0.6 is 23.7 Å². The Morgan fingerprint density at radius 3 is 2.29 bits per heavy atom. The number of amides is 1. The lowest BCUT2D eigenvalue weighted by atomic mass is 10.2. The highest BCUT2D eigenvalue weighted by molar-refractivity contribution is 7.22. The molecule has 34 heavy (non-hydrogen) atoms. The zero-order valence-corrected chi connectivity index (χ0v) is 20.7. The fourth-order valence-corrected chi connectivity index (χ4v) is 4.53. The van der Waals surface area contributed by atoms with Crippen molar-refractivity contribution in [3.8, 4) is 11.5 Å². The van der Waals surface area contributed by atoms with Crippen molar-refractivity contribution < 1.29 is 13.9 Å². The zero-order chi connectivity index (χ0) is 23.2. The minimum absolute atomic E-state index is 0. The monoisotopic (exact) mass is 499 g/mol. The quantitative estimate of drug-likeness (QED) is 0.259. The van der Waals surface area contributed by atoms with Crippen LogP contribution in [0.4, 0.5) is 9.52 Å². The zero-order valence-electron chi connectivity index (χ0n) is 19.1. The van der Waals surface area contributed by atoms with E-state index in [1.54, 1.807) is 35.2 Å². The second-order valence-electron chi connectivity index (χ2n) is 7.53. The van der Waals surface area contributed by atoms with Gasteiger partial charge in [-0.05, 0) is 67.7 Å². The lowest BCUT2D eigenvalue weighted by Crippen LogP contribution is -2.38. The molecule has 1 heterocycles. The van der Waals surface area contributed by atoms with Gasteiger partial charge in [-0.3, -0.25) is 9.69 Å². The number of halogens is 2. The predicted molar refractivity (Wildman–Crippen MR) is 139 cm³/mol. The van der Waals surface area contributed by atoms with E-state index in [9.17, 15) is 9.18 Å². The first kappa shape index (κ1) is 25.6. The number of anilines is 1. The van der Waals surface area contributed by atoms with Crippen LogP contribution in [-0.2, 0) is 0 Å². The number of nitrogens with zero attached hydrogens (tertiary/aromatic N) is 3. The van der Waals surface area contributed by atoms with E-state index in [1.807, 2.05) is 30.3 Å². The maximum absolute atomic E-state index is 13.7. The van der Waals surface area contributed by atoms with Crippen molar-refractivity contribution >= 4 is 45.0 Å². The van der Waals surface area contributed by atoms with Crippen molar-refractivity contribution in [1.82, 2.24) is 9.88 Å². The summed E-state index contributed by atoms with van der Waals surface area (Å²) in [6, 6.07) is 21.1. The first-order valence-corrected chi connectivity index (χ1v) is 11.8. The van der Waals surface area contributed by atoms with E-state index in [2.05, 4.69) is 23.7 Å². The van der Waals surface area contributed by atoms with Gasteiger partial charge in [0.25, 0.3) is 5.91 Å². The van der Waals surface area contributed by atoms with Crippen LogP contribution in [-0.4, -0.2) is 42.0 Å². The minimum Gasteiger partial charge on any atom is -0.457 e. The molecule has 0 bridgehead atoms. The van der Waals surface area contributed by atoms with Crippen LogP contribution < -0.4 is 9.64 Å². The standard InChI is InChI=1S/C26H26FN3O2S.ClH/c1-3-29(4-2)16-17-30(26-28-23-15-12-20(27)18-24(23)33-26)25(31)19-10-13-22(14-11-19)32-21-8-6-5-7-9-21;/h5-15,18H,3-4,16-17H2,1-2H3;1H. The average Bonchev–Trinajstić information content (AvgIpc) is 3.25. The van der Waals surface area contributed by atoms with E-state index in [-0.39, 0.29) is 24.1 Å². The molecule has 0 saturated heterocycles. The molecule has 0 N–H and O–H groups in total. The number of thiazole rings is 1. The summed E-state index contributed by atoms with van der Waals surface area (Å²) in [7, 11) is 0. The van der Waals surface area contributed by atoms with Gasteiger partial charge in [-0.15, -0.1) is 12.4 Å². The maximum Gasteiger partial charge on any atom is 0.260 e. The molecule has 1 aromatic heterocycles. The molecule has 178 valence electrons. The molecular formula is C26H27ClFN3O2S. The lowest BCUT2D eigenvalue weighted by molar-refractivity contribution is 0.0983. The highest BCUT2D eigenvalue weighted by atomic mass is 35.5. The van der Waals surface area contributed by atoms with E-state index >= 15 is 0 Å². The molecule has 0 unspecified atom stereocenters. The number of fused-ring (bicyclic) bond motifs is 1. The largest absolute Gasteiger partial charge is 0.457 e. The van der Waals surface area contributed by atoms with E-state index in [4.69, 9.17) is 4.74 Å². The molecule has 0 radical (unpaired) electrons. The van der Waals surface area contributed by atoms with Crippen LogP contribution in [0.15, 0.2) is 72.8 Å². The van der Waals surface area contributed by atoms with Gasteiger partial charge in [0.15, 0.2) is 5.13 Å².